The lowest BCUT2D eigenvalue weighted by atomic mass is 10.1. The van der Waals surface area contributed by atoms with Crippen LogP contribution in [0.3, 0.4) is 0 Å². The molecule has 1 amide bonds. The second kappa shape index (κ2) is 7.36. The molecule has 0 radical (unpaired) electrons. The summed E-state index contributed by atoms with van der Waals surface area (Å²) in [5, 5.41) is 3.00. The Morgan fingerprint density at radius 1 is 1.17 bits per heavy atom. The molecule has 0 spiro atoms. The molecule has 126 valence electrons. The molecule has 0 unspecified atom stereocenters. The fourth-order valence-electron chi connectivity index (χ4n) is 2.78. The minimum Gasteiger partial charge on any atom is -0.496 e. The van der Waals surface area contributed by atoms with Crippen molar-refractivity contribution in [3.05, 3.63) is 53.6 Å². The van der Waals surface area contributed by atoms with Crippen molar-refractivity contribution in [2.45, 2.75) is 6.92 Å². The normalized spacial score (nSPS) is 14.3. The van der Waals surface area contributed by atoms with E-state index < -0.39 is 0 Å². The average molecular weight is 326 g/mol. The molecule has 0 saturated carbocycles. The van der Waals surface area contributed by atoms with Crippen LogP contribution >= 0.6 is 0 Å². The number of carbonyl (C=O) groups excluding carboxylic acids is 1. The summed E-state index contributed by atoms with van der Waals surface area (Å²) in [6, 6.07) is 13.4. The van der Waals surface area contributed by atoms with Crippen molar-refractivity contribution in [2.24, 2.45) is 0 Å². The molecule has 1 aliphatic rings. The highest BCUT2D eigenvalue weighted by Gasteiger charge is 2.15. The van der Waals surface area contributed by atoms with Crippen LogP contribution in [0.15, 0.2) is 42.5 Å². The first kappa shape index (κ1) is 16.3. The van der Waals surface area contributed by atoms with Gasteiger partial charge >= 0.3 is 0 Å². The SMILES string of the molecule is COc1ccccc1C(=O)Nc1cc(N2CCOCC2)ccc1C. The van der Waals surface area contributed by atoms with Crippen molar-refractivity contribution in [3.8, 4) is 5.75 Å². The zero-order valence-corrected chi connectivity index (χ0v) is 14.0. The van der Waals surface area contributed by atoms with Crippen LogP contribution in [0.1, 0.15) is 15.9 Å². The van der Waals surface area contributed by atoms with Crippen molar-refractivity contribution >= 4 is 17.3 Å². The van der Waals surface area contributed by atoms with Gasteiger partial charge in [0.2, 0.25) is 0 Å². The van der Waals surface area contributed by atoms with E-state index in [0.717, 1.165) is 43.2 Å². The summed E-state index contributed by atoms with van der Waals surface area (Å²) < 4.78 is 10.7. The second-order valence-electron chi connectivity index (χ2n) is 5.75. The van der Waals surface area contributed by atoms with Gasteiger partial charge in [0, 0.05) is 24.5 Å². The maximum absolute atomic E-state index is 12.6. The predicted octanol–water partition coefficient (Wildman–Crippen LogP) is 3.09. The van der Waals surface area contributed by atoms with Gasteiger partial charge in [0.05, 0.1) is 25.9 Å². The summed E-state index contributed by atoms with van der Waals surface area (Å²) >= 11 is 0. The first-order valence-corrected chi connectivity index (χ1v) is 8.07. The number of para-hydroxylation sites is 1. The molecule has 24 heavy (non-hydrogen) atoms. The largest absolute Gasteiger partial charge is 0.496 e. The van der Waals surface area contributed by atoms with Crippen LogP contribution in [-0.4, -0.2) is 39.3 Å². The molecular formula is C19H22N2O3. The van der Waals surface area contributed by atoms with E-state index in [9.17, 15) is 4.79 Å². The number of aryl methyl sites for hydroxylation is 1. The lowest BCUT2D eigenvalue weighted by Gasteiger charge is -2.29. The number of benzene rings is 2. The molecular weight excluding hydrogens is 304 g/mol. The molecule has 5 nitrogen and oxygen atoms in total. The van der Waals surface area contributed by atoms with Crippen molar-refractivity contribution in [1.82, 2.24) is 0 Å². The summed E-state index contributed by atoms with van der Waals surface area (Å²) in [7, 11) is 1.57. The fourth-order valence-corrected chi connectivity index (χ4v) is 2.78. The van der Waals surface area contributed by atoms with Crippen LogP contribution in [0.4, 0.5) is 11.4 Å². The number of carbonyl (C=O) groups is 1. The van der Waals surface area contributed by atoms with E-state index in [1.807, 2.05) is 31.2 Å². The molecule has 1 fully saturated rings. The zero-order valence-electron chi connectivity index (χ0n) is 14.0. The van der Waals surface area contributed by atoms with E-state index in [2.05, 4.69) is 16.3 Å². The third kappa shape index (κ3) is 3.51. The van der Waals surface area contributed by atoms with Crippen LogP contribution < -0.4 is 15.0 Å². The third-order valence-corrected chi connectivity index (χ3v) is 4.20. The van der Waals surface area contributed by atoms with Crippen molar-refractivity contribution < 1.29 is 14.3 Å². The summed E-state index contributed by atoms with van der Waals surface area (Å²) in [6.07, 6.45) is 0. The van der Waals surface area contributed by atoms with E-state index >= 15 is 0 Å². The van der Waals surface area contributed by atoms with Gasteiger partial charge in [-0.3, -0.25) is 4.79 Å². The Balaban J connectivity index is 1.82. The summed E-state index contributed by atoms with van der Waals surface area (Å²) in [5.74, 6) is 0.395. The number of amides is 1. The highest BCUT2D eigenvalue weighted by molar-refractivity contribution is 6.06. The van der Waals surface area contributed by atoms with Crippen LogP contribution in [0.5, 0.6) is 5.75 Å². The molecule has 1 N–H and O–H groups in total. The Morgan fingerprint density at radius 2 is 1.92 bits per heavy atom. The van der Waals surface area contributed by atoms with Gasteiger partial charge in [-0.15, -0.1) is 0 Å². The van der Waals surface area contributed by atoms with Gasteiger partial charge in [-0.25, -0.2) is 0 Å². The van der Waals surface area contributed by atoms with Crippen molar-refractivity contribution in [2.75, 3.05) is 43.6 Å². The number of ether oxygens (including phenoxy) is 2. The fraction of sp³-hybridized carbons (Fsp3) is 0.316. The van der Waals surface area contributed by atoms with Gasteiger partial charge in [0.1, 0.15) is 5.75 Å². The molecule has 0 aromatic heterocycles. The monoisotopic (exact) mass is 326 g/mol. The van der Waals surface area contributed by atoms with Crippen LogP contribution in [0, 0.1) is 6.92 Å². The number of methoxy groups -OCH3 is 1. The Kier molecular flexibility index (Phi) is 5.01. The number of rotatable bonds is 4. The van der Waals surface area contributed by atoms with Crippen LogP contribution in [-0.2, 0) is 4.74 Å². The zero-order chi connectivity index (χ0) is 16.9. The Labute approximate surface area is 142 Å². The molecule has 1 heterocycles. The highest BCUT2D eigenvalue weighted by atomic mass is 16.5. The number of nitrogens with zero attached hydrogens (tertiary/aromatic N) is 1. The first-order valence-electron chi connectivity index (χ1n) is 8.07. The van der Waals surface area contributed by atoms with E-state index in [4.69, 9.17) is 9.47 Å². The molecule has 0 aliphatic carbocycles. The number of hydrogen-bond donors (Lipinski definition) is 1. The predicted molar refractivity (Wildman–Crippen MR) is 95.2 cm³/mol. The lowest BCUT2D eigenvalue weighted by Crippen LogP contribution is -2.36. The summed E-state index contributed by atoms with van der Waals surface area (Å²) in [6.45, 7) is 5.18. The maximum atomic E-state index is 12.6. The second-order valence-corrected chi connectivity index (χ2v) is 5.75. The van der Waals surface area contributed by atoms with Crippen molar-refractivity contribution in [1.29, 1.82) is 0 Å². The molecule has 1 aliphatic heterocycles. The molecule has 1 saturated heterocycles. The van der Waals surface area contributed by atoms with Gasteiger partial charge in [0.15, 0.2) is 0 Å². The minimum atomic E-state index is -0.172. The smallest absolute Gasteiger partial charge is 0.259 e. The van der Waals surface area contributed by atoms with Crippen LogP contribution in [0.25, 0.3) is 0 Å². The molecule has 2 aromatic rings. The van der Waals surface area contributed by atoms with Gasteiger partial charge < -0.3 is 19.7 Å². The van der Waals surface area contributed by atoms with E-state index in [0.29, 0.717) is 11.3 Å². The molecule has 0 bridgehead atoms. The van der Waals surface area contributed by atoms with E-state index in [1.165, 1.54) is 0 Å². The Hall–Kier alpha value is -2.53. The van der Waals surface area contributed by atoms with Gasteiger partial charge in [-0.1, -0.05) is 18.2 Å². The number of anilines is 2. The van der Waals surface area contributed by atoms with Crippen LogP contribution in [0.2, 0.25) is 0 Å². The summed E-state index contributed by atoms with van der Waals surface area (Å²) in [4.78, 5) is 14.9. The lowest BCUT2D eigenvalue weighted by molar-refractivity contribution is 0.102. The quantitative estimate of drug-likeness (QED) is 0.938. The maximum Gasteiger partial charge on any atom is 0.259 e. The minimum absolute atomic E-state index is 0.172. The number of nitrogens with one attached hydrogen (secondary N) is 1. The number of morpholine rings is 1. The van der Waals surface area contributed by atoms with Crippen molar-refractivity contribution in [3.63, 3.8) is 0 Å². The third-order valence-electron chi connectivity index (χ3n) is 4.20. The van der Waals surface area contributed by atoms with E-state index in [-0.39, 0.29) is 5.91 Å². The Morgan fingerprint density at radius 3 is 2.67 bits per heavy atom. The average Bonchev–Trinajstić information content (AvgIpc) is 2.64. The molecule has 3 rings (SSSR count). The standard InChI is InChI=1S/C19H22N2O3/c1-14-7-8-15(21-9-11-24-12-10-21)13-17(14)20-19(22)16-5-3-4-6-18(16)23-2/h3-8,13H,9-12H2,1-2H3,(H,20,22). The first-order chi connectivity index (χ1) is 11.7. The summed E-state index contributed by atoms with van der Waals surface area (Å²) in [5.41, 5.74) is 3.46. The highest BCUT2D eigenvalue weighted by Crippen LogP contribution is 2.26. The number of hydrogen-bond acceptors (Lipinski definition) is 4. The van der Waals surface area contributed by atoms with Gasteiger partial charge in [-0.05, 0) is 36.8 Å². The van der Waals surface area contributed by atoms with E-state index in [1.54, 1.807) is 19.2 Å². The van der Waals surface area contributed by atoms with Gasteiger partial charge in [-0.2, -0.15) is 0 Å². The molecule has 0 atom stereocenters. The Bertz CT molecular complexity index is 724. The van der Waals surface area contributed by atoms with Gasteiger partial charge in [0.25, 0.3) is 5.91 Å². The molecule has 2 aromatic carbocycles. The topological polar surface area (TPSA) is 50.8 Å². The molecule has 5 heteroatoms.